The molecule has 35 heavy (non-hydrogen) atoms. The lowest BCUT2D eigenvalue weighted by atomic mass is 10.0. The monoisotopic (exact) mass is 497 g/mol. The Balaban J connectivity index is 1.33. The van der Waals surface area contributed by atoms with Gasteiger partial charge in [0, 0.05) is 11.6 Å². The van der Waals surface area contributed by atoms with Gasteiger partial charge in [0.15, 0.2) is 4.32 Å². The van der Waals surface area contributed by atoms with Crippen molar-refractivity contribution in [2.45, 2.75) is 6.42 Å². The lowest BCUT2D eigenvalue weighted by molar-refractivity contribution is -0.136. The number of hydrogen-bond acceptors (Lipinski definition) is 5. The van der Waals surface area contributed by atoms with E-state index in [-0.39, 0.29) is 12.3 Å². The Morgan fingerprint density at radius 2 is 1.54 bits per heavy atom. The fourth-order valence-corrected chi connectivity index (χ4v) is 5.08. The smallest absolute Gasteiger partial charge is 0.307 e. The van der Waals surface area contributed by atoms with E-state index in [1.165, 1.54) is 16.7 Å². The van der Waals surface area contributed by atoms with E-state index in [2.05, 4.69) is 24.3 Å². The number of thioether (sulfide) groups is 1. The van der Waals surface area contributed by atoms with E-state index in [0.717, 1.165) is 16.7 Å². The van der Waals surface area contributed by atoms with Gasteiger partial charge in [-0.25, -0.2) is 0 Å². The molecule has 0 aliphatic carbocycles. The number of anilines is 1. The first-order valence-corrected chi connectivity index (χ1v) is 12.0. The molecular weight excluding hydrogens is 478 g/mol. The van der Waals surface area contributed by atoms with Crippen molar-refractivity contribution in [3.05, 3.63) is 107 Å². The molecule has 172 valence electrons. The minimum Gasteiger partial charge on any atom is -0.481 e. The maximum absolute atomic E-state index is 13.0. The van der Waals surface area contributed by atoms with Gasteiger partial charge < -0.3 is 9.52 Å². The second kappa shape index (κ2) is 9.74. The van der Waals surface area contributed by atoms with Crippen molar-refractivity contribution in [2.75, 3.05) is 4.90 Å². The van der Waals surface area contributed by atoms with Crippen LogP contribution < -0.4 is 4.90 Å². The van der Waals surface area contributed by atoms with Gasteiger partial charge in [0.1, 0.15) is 11.5 Å². The van der Waals surface area contributed by atoms with Gasteiger partial charge in [-0.3, -0.25) is 14.5 Å². The second-order valence-electron chi connectivity index (χ2n) is 7.90. The highest BCUT2D eigenvalue weighted by molar-refractivity contribution is 8.27. The van der Waals surface area contributed by atoms with Gasteiger partial charge >= 0.3 is 5.97 Å². The topological polar surface area (TPSA) is 70.8 Å². The molecule has 1 amide bonds. The molecule has 0 atom stereocenters. The number of thiocarbonyl (C=S) groups is 1. The average Bonchev–Trinajstić information content (AvgIpc) is 3.44. The van der Waals surface area contributed by atoms with Crippen LogP contribution in [-0.4, -0.2) is 21.3 Å². The summed E-state index contributed by atoms with van der Waals surface area (Å²) in [4.78, 5) is 25.8. The first-order valence-electron chi connectivity index (χ1n) is 10.8. The molecule has 5 nitrogen and oxygen atoms in total. The van der Waals surface area contributed by atoms with Crippen LogP contribution in [0.3, 0.4) is 0 Å². The second-order valence-corrected chi connectivity index (χ2v) is 9.58. The number of benzene rings is 3. The number of nitrogens with zero attached hydrogens (tertiary/aromatic N) is 1. The Morgan fingerprint density at radius 3 is 2.23 bits per heavy atom. The number of aliphatic carboxylic acids is 1. The predicted molar refractivity (Wildman–Crippen MR) is 143 cm³/mol. The molecule has 0 spiro atoms. The number of carbonyl (C=O) groups excluding carboxylic acids is 1. The fraction of sp³-hybridized carbons (Fsp3) is 0.0357. The molecule has 5 rings (SSSR count). The van der Waals surface area contributed by atoms with Crippen molar-refractivity contribution >= 4 is 51.9 Å². The van der Waals surface area contributed by atoms with Gasteiger partial charge in [-0.05, 0) is 41.0 Å². The van der Waals surface area contributed by atoms with Crippen molar-refractivity contribution in [1.82, 2.24) is 0 Å². The van der Waals surface area contributed by atoms with Gasteiger partial charge in [-0.15, -0.1) is 0 Å². The molecule has 1 aromatic heterocycles. The van der Waals surface area contributed by atoms with Crippen LogP contribution in [0.4, 0.5) is 5.69 Å². The van der Waals surface area contributed by atoms with E-state index in [4.69, 9.17) is 21.7 Å². The number of hydrogen-bond donors (Lipinski definition) is 1. The Kier molecular flexibility index (Phi) is 6.35. The van der Waals surface area contributed by atoms with Crippen molar-refractivity contribution in [3.8, 4) is 22.5 Å². The number of carbonyl (C=O) groups is 2. The van der Waals surface area contributed by atoms with Crippen LogP contribution in [0.5, 0.6) is 0 Å². The van der Waals surface area contributed by atoms with Crippen molar-refractivity contribution in [3.63, 3.8) is 0 Å². The molecule has 1 aliphatic heterocycles. The zero-order valence-electron chi connectivity index (χ0n) is 18.4. The summed E-state index contributed by atoms with van der Waals surface area (Å²) in [6, 6.07) is 28.8. The molecule has 0 radical (unpaired) electrons. The molecule has 0 bridgehead atoms. The van der Waals surface area contributed by atoms with Gasteiger partial charge in [0.2, 0.25) is 0 Å². The zero-order valence-corrected chi connectivity index (χ0v) is 20.0. The molecular formula is C28H19NO4S2. The summed E-state index contributed by atoms with van der Waals surface area (Å²) in [5.74, 6) is 0.122. The van der Waals surface area contributed by atoms with Crippen LogP contribution in [0.1, 0.15) is 11.3 Å². The number of rotatable bonds is 6. The summed E-state index contributed by atoms with van der Waals surface area (Å²) >= 11 is 6.64. The van der Waals surface area contributed by atoms with E-state index < -0.39 is 5.97 Å². The van der Waals surface area contributed by atoms with Crippen LogP contribution in [0.15, 0.2) is 100 Å². The van der Waals surface area contributed by atoms with Gasteiger partial charge in [-0.1, -0.05) is 90.7 Å². The first-order chi connectivity index (χ1) is 17.0. The van der Waals surface area contributed by atoms with E-state index in [1.807, 2.05) is 42.5 Å². The van der Waals surface area contributed by atoms with Crippen LogP contribution in [0, 0.1) is 0 Å². The van der Waals surface area contributed by atoms with Crippen LogP contribution in [-0.2, 0) is 16.0 Å². The third-order valence-corrected chi connectivity index (χ3v) is 6.82. The van der Waals surface area contributed by atoms with E-state index >= 15 is 0 Å². The Bertz CT molecular complexity index is 1440. The summed E-state index contributed by atoms with van der Waals surface area (Å²) in [6.45, 7) is 0. The summed E-state index contributed by atoms with van der Waals surface area (Å²) in [5.41, 5.74) is 4.47. The summed E-state index contributed by atoms with van der Waals surface area (Å²) in [6.07, 6.45) is 1.62. The average molecular weight is 498 g/mol. The number of carboxylic acid groups (broad SMARTS) is 1. The number of carboxylic acids is 1. The molecule has 7 heteroatoms. The van der Waals surface area contributed by atoms with E-state index in [1.54, 1.807) is 30.3 Å². The van der Waals surface area contributed by atoms with Gasteiger partial charge in [0.25, 0.3) is 5.91 Å². The van der Waals surface area contributed by atoms with Crippen molar-refractivity contribution in [1.29, 1.82) is 0 Å². The van der Waals surface area contributed by atoms with Crippen LogP contribution in [0.25, 0.3) is 28.5 Å². The normalized spacial score (nSPS) is 14.6. The largest absolute Gasteiger partial charge is 0.481 e. The van der Waals surface area contributed by atoms with E-state index in [0.29, 0.717) is 32.0 Å². The molecule has 3 aromatic carbocycles. The van der Waals surface area contributed by atoms with E-state index in [9.17, 15) is 9.59 Å². The Labute approximate surface area is 211 Å². The van der Waals surface area contributed by atoms with Gasteiger partial charge in [0.05, 0.1) is 17.0 Å². The molecule has 4 aromatic rings. The number of furan rings is 1. The maximum Gasteiger partial charge on any atom is 0.307 e. The fourth-order valence-electron chi connectivity index (χ4n) is 3.80. The Hall–Kier alpha value is -3.94. The first kappa shape index (κ1) is 22.8. The zero-order chi connectivity index (χ0) is 24.4. The van der Waals surface area contributed by atoms with Crippen LogP contribution >= 0.6 is 24.0 Å². The third kappa shape index (κ3) is 4.96. The third-order valence-electron chi connectivity index (χ3n) is 5.52. The van der Waals surface area contributed by atoms with Crippen molar-refractivity contribution in [2.24, 2.45) is 0 Å². The highest BCUT2D eigenvalue weighted by Gasteiger charge is 2.33. The summed E-state index contributed by atoms with van der Waals surface area (Å²) in [5, 5.41) is 8.94. The van der Waals surface area contributed by atoms with Crippen molar-refractivity contribution < 1.29 is 19.1 Å². The molecule has 2 heterocycles. The molecule has 0 saturated carbocycles. The SMILES string of the molecule is O=C(O)Cc1ccc(N2C(=O)/C(=C/c3ccc(-c4ccc(-c5ccccc5)cc4)o3)SC2=S)cc1. The van der Waals surface area contributed by atoms with Gasteiger partial charge in [-0.2, -0.15) is 0 Å². The maximum atomic E-state index is 13.0. The minimum absolute atomic E-state index is 0.0750. The lowest BCUT2D eigenvalue weighted by Crippen LogP contribution is -2.27. The minimum atomic E-state index is -0.906. The lowest BCUT2D eigenvalue weighted by Gasteiger charge is -2.14. The Morgan fingerprint density at radius 1 is 0.886 bits per heavy atom. The highest BCUT2D eigenvalue weighted by Crippen LogP contribution is 2.37. The molecule has 1 saturated heterocycles. The molecule has 1 fully saturated rings. The molecule has 1 aliphatic rings. The summed E-state index contributed by atoms with van der Waals surface area (Å²) in [7, 11) is 0. The highest BCUT2D eigenvalue weighted by atomic mass is 32.2. The molecule has 0 unspecified atom stereocenters. The summed E-state index contributed by atoms with van der Waals surface area (Å²) < 4.78 is 6.41. The molecule has 1 N–H and O–H groups in total. The van der Waals surface area contributed by atoms with Crippen LogP contribution in [0.2, 0.25) is 0 Å². The predicted octanol–water partition coefficient (Wildman–Crippen LogP) is 6.65. The standard InChI is InChI=1S/C28H19NO4S2/c30-26(31)16-18-6-12-22(13-7-18)29-27(32)25(35-28(29)34)17-23-14-15-24(33-23)21-10-8-20(9-11-21)19-4-2-1-3-5-19/h1-15,17H,16H2,(H,30,31)/b25-17-. The number of amides is 1. The quantitative estimate of drug-likeness (QED) is 0.238.